The highest BCUT2D eigenvalue weighted by Gasteiger charge is 2.25. The predicted molar refractivity (Wildman–Crippen MR) is 78.7 cm³/mol. The molecule has 0 unspecified atom stereocenters. The SMILES string of the molecule is COc1ccc(C(=O)N(C)C2CCCC2)cc1S(N)(=O)=O. The van der Waals surface area contributed by atoms with E-state index in [1.807, 2.05) is 0 Å². The van der Waals surface area contributed by atoms with Crippen molar-refractivity contribution in [3.05, 3.63) is 23.8 Å². The van der Waals surface area contributed by atoms with E-state index < -0.39 is 10.0 Å². The van der Waals surface area contributed by atoms with Gasteiger partial charge in [0.25, 0.3) is 5.91 Å². The third-order valence-electron chi connectivity index (χ3n) is 3.91. The van der Waals surface area contributed by atoms with Gasteiger partial charge in [-0.15, -0.1) is 0 Å². The molecule has 0 aromatic heterocycles. The Morgan fingerprint density at radius 3 is 2.48 bits per heavy atom. The normalized spacial score (nSPS) is 16.0. The van der Waals surface area contributed by atoms with Gasteiger partial charge in [-0.25, -0.2) is 13.6 Å². The molecule has 0 saturated heterocycles. The molecule has 1 amide bonds. The molecule has 0 aliphatic heterocycles. The average Bonchev–Trinajstić information content (AvgIpc) is 2.98. The molecule has 0 heterocycles. The number of rotatable bonds is 4. The van der Waals surface area contributed by atoms with Gasteiger partial charge < -0.3 is 9.64 Å². The lowest BCUT2D eigenvalue weighted by Crippen LogP contribution is -2.35. The molecule has 1 aromatic carbocycles. The minimum Gasteiger partial charge on any atom is -0.495 e. The van der Waals surface area contributed by atoms with Crippen LogP contribution in [0.3, 0.4) is 0 Å². The van der Waals surface area contributed by atoms with Crippen molar-refractivity contribution in [1.29, 1.82) is 0 Å². The van der Waals surface area contributed by atoms with Gasteiger partial charge in [-0.05, 0) is 31.0 Å². The van der Waals surface area contributed by atoms with E-state index in [9.17, 15) is 13.2 Å². The molecule has 0 spiro atoms. The summed E-state index contributed by atoms with van der Waals surface area (Å²) in [5.74, 6) is -0.0629. The number of carbonyl (C=O) groups is 1. The highest BCUT2D eigenvalue weighted by Crippen LogP contribution is 2.27. The fourth-order valence-electron chi connectivity index (χ4n) is 2.69. The minimum absolute atomic E-state index is 0.137. The summed E-state index contributed by atoms with van der Waals surface area (Å²) in [6.45, 7) is 0. The molecule has 1 aliphatic rings. The summed E-state index contributed by atoms with van der Waals surface area (Å²) in [5.41, 5.74) is 0.300. The number of ether oxygens (including phenoxy) is 1. The smallest absolute Gasteiger partial charge is 0.253 e. The maximum atomic E-state index is 12.5. The van der Waals surface area contributed by atoms with Crippen LogP contribution in [0.5, 0.6) is 5.75 Å². The van der Waals surface area contributed by atoms with Crippen LogP contribution in [0.2, 0.25) is 0 Å². The van der Waals surface area contributed by atoms with Crippen molar-refractivity contribution in [2.24, 2.45) is 5.14 Å². The zero-order chi connectivity index (χ0) is 15.6. The number of nitrogens with two attached hydrogens (primary N) is 1. The minimum atomic E-state index is -3.94. The van der Waals surface area contributed by atoms with E-state index in [4.69, 9.17) is 9.88 Å². The summed E-state index contributed by atoms with van der Waals surface area (Å²) in [7, 11) is -0.836. The fourth-order valence-corrected chi connectivity index (χ4v) is 3.42. The largest absolute Gasteiger partial charge is 0.495 e. The van der Waals surface area contributed by atoms with Crippen LogP contribution in [0.15, 0.2) is 23.1 Å². The van der Waals surface area contributed by atoms with Gasteiger partial charge >= 0.3 is 0 Å². The van der Waals surface area contributed by atoms with Gasteiger partial charge in [0.2, 0.25) is 10.0 Å². The first kappa shape index (κ1) is 15.8. The molecule has 2 rings (SSSR count). The van der Waals surface area contributed by atoms with Crippen LogP contribution in [0.1, 0.15) is 36.0 Å². The maximum absolute atomic E-state index is 12.5. The van der Waals surface area contributed by atoms with Crippen LogP contribution in [0.25, 0.3) is 0 Å². The van der Waals surface area contributed by atoms with Gasteiger partial charge in [0, 0.05) is 18.7 Å². The lowest BCUT2D eigenvalue weighted by atomic mass is 10.1. The number of amides is 1. The fraction of sp³-hybridized carbons (Fsp3) is 0.500. The third kappa shape index (κ3) is 3.36. The number of benzene rings is 1. The first-order chi connectivity index (χ1) is 9.84. The number of carbonyl (C=O) groups excluding carboxylic acids is 1. The lowest BCUT2D eigenvalue weighted by molar-refractivity contribution is 0.0735. The van der Waals surface area contributed by atoms with E-state index in [-0.39, 0.29) is 22.6 Å². The molecule has 1 saturated carbocycles. The van der Waals surface area contributed by atoms with Crippen molar-refractivity contribution in [1.82, 2.24) is 4.90 Å². The monoisotopic (exact) mass is 312 g/mol. The second-order valence-corrected chi connectivity index (χ2v) is 6.79. The molecule has 1 aromatic rings. The predicted octanol–water partition coefficient (Wildman–Crippen LogP) is 1.36. The van der Waals surface area contributed by atoms with E-state index in [2.05, 4.69) is 0 Å². The number of nitrogens with zero attached hydrogens (tertiary/aromatic N) is 1. The standard InChI is InChI=1S/C14H20N2O4S/c1-16(11-5-3-4-6-11)14(17)10-7-8-12(20-2)13(9-10)21(15,18)19/h7-9,11H,3-6H2,1-2H3,(H2,15,18,19). The molecule has 0 radical (unpaired) electrons. The Balaban J connectivity index is 2.33. The van der Waals surface area contributed by atoms with Crippen molar-refractivity contribution in [2.45, 2.75) is 36.6 Å². The Morgan fingerprint density at radius 1 is 1.33 bits per heavy atom. The molecule has 6 nitrogen and oxygen atoms in total. The molecule has 21 heavy (non-hydrogen) atoms. The van der Waals surface area contributed by atoms with E-state index in [0.29, 0.717) is 5.56 Å². The van der Waals surface area contributed by atoms with Gasteiger partial charge in [-0.3, -0.25) is 4.79 Å². The van der Waals surface area contributed by atoms with Crippen LogP contribution < -0.4 is 9.88 Å². The van der Waals surface area contributed by atoms with Crippen LogP contribution >= 0.6 is 0 Å². The molecule has 1 aliphatic carbocycles. The van der Waals surface area contributed by atoms with Gasteiger partial charge in [0.1, 0.15) is 10.6 Å². The molecule has 0 atom stereocenters. The molecule has 116 valence electrons. The van der Waals surface area contributed by atoms with Crippen molar-refractivity contribution in [3.8, 4) is 5.75 Å². The first-order valence-electron chi connectivity index (χ1n) is 6.82. The van der Waals surface area contributed by atoms with Gasteiger partial charge in [-0.2, -0.15) is 0 Å². The van der Waals surface area contributed by atoms with Gasteiger partial charge in [0.05, 0.1) is 7.11 Å². The van der Waals surface area contributed by atoms with Crippen molar-refractivity contribution < 1.29 is 17.9 Å². The molecule has 0 bridgehead atoms. The summed E-state index contributed by atoms with van der Waals surface area (Å²) in [6.07, 6.45) is 4.21. The van der Waals surface area contributed by atoms with Gasteiger partial charge in [0.15, 0.2) is 0 Å². The van der Waals surface area contributed by atoms with Crippen LogP contribution in [0.4, 0.5) is 0 Å². The number of primary sulfonamides is 1. The molecule has 7 heteroatoms. The first-order valence-corrected chi connectivity index (χ1v) is 8.37. The average molecular weight is 312 g/mol. The second kappa shape index (κ2) is 6.03. The van der Waals surface area contributed by atoms with Crippen LogP contribution in [-0.4, -0.2) is 39.4 Å². The summed E-state index contributed by atoms with van der Waals surface area (Å²) < 4.78 is 28.2. The summed E-state index contributed by atoms with van der Waals surface area (Å²) in [5, 5.41) is 5.17. The maximum Gasteiger partial charge on any atom is 0.253 e. The van der Waals surface area contributed by atoms with E-state index in [1.165, 1.54) is 19.2 Å². The number of hydrogen-bond donors (Lipinski definition) is 1. The Bertz CT molecular complexity index is 636. The number of hydrogen-bond acceptors (Lipinski definition) is 4. The molecular formula is C14H20N2O4S. The van der Waals surface area contributed by atoms with Crippen molar-refractivity contribution in [2.75, 3.05) is 14.2 Å². The highest BCUT2D eigenvalue weighted by atomic mass is 32.2. The molecular weight excluding hydrogens is 292 g/mol. The zero-order valence-electron chi connectivity index (χ0n) is 12.2. The quantitative estimate of drug-likeness (QED) is 0.909. The van der Waals surface area contributed by atoms with E-state index >= 15 is 0 Å². The number of sulfonamides is 1. The molecule has 2 N–H and O–H groups in total. The van der Waals surface area contributed by atoms with E-state index in [1.54, 1.807) is 18.0 Å². The second-order valence-electron chi connectivity index (χ2n) is 5.26. The summed E-state index contributed by atoms with van der Waals surface area (Å²) in [6, 6.07) is 4.51. The summed E-state index contributed by atoms with van der Waals surface area (Å²) >= 11 is 0. The number of methoxy groups -OCH3 is 1. The zero-order valence-corrected chi connectivity index (χ0v) is 13.0. The Hall–Kier alpha value is -1.60. The topological polar surface area (TPSA) is 89.7 Å². The third-order valence-corrected chi connectivity index (χ3v) is 4.84. The van der Waals surface area contributed by atoms with Crippen molar-refractivity contribution in [3.63, 3.8) is 0 Å². The Morgan fingerprint density at radius 2 is 1.95 bits per heavy atom. The van der Waals surface area contributed by atoms with Gasteiger partial charge in [-0.1, -0.05) is 12.8 Å². The van der Waals surface area contributed by atoms with E-state index in [0.717, 1.165) is 25.7 Å². The Labute approximate surface area is 124 Å². The Kier molecular flexibility index (Phi) is 4.53. The molecule has 1 fully saturated rings. The van der Waals surface area contributed by atoms with Crippen LogP contribution in [-0.2, 0) is 10.0 Å². The van der Waals surface area contributed by atoms with Crippen LogP contribution in [0, 0.1) is 0 Å². The van der Waals surface area contributed by atoms with Crippen molar-refractivity contribution >= 4 is 15.9 Å². The summed E-state index contributed by atoms with van der Waals surface area (Å²) in [4.78, 5) is 14.0. The highest BCUT2D eigenvalue weighted by molar-refractivity contribution is 7.89. The lowest BCUT2D eigenvalue weighted by Gasteiger charge is -2.24.